The lowest BCUT2D eigenvalue weighted by Gasteiger charge is -2.29. The first-order valence-electron chi connectivity index (χ1n) is 8.74. The SMILES string of the molecule is COc1cccc(C(=O)OCC(=O)c2ccc3c(c2)CCCN3S(C)(=O)=O)c1. The van der Waals surface area contributed by atoms with E-state index in [1.807, 2.05) is 0 Å². The molecule has 0 unspecified atom stereocenters. The Morgan fingerprint density at radius 1 is 1.11 bits per heavy atom. The van der Waals surface area contributed by atoms with Crippen LogP contribution in [0.3, 0.4) is 0 Å². The maximum atomic E-state index is 12.4. The highest BCUT2D eigenvalue weighted by Gasteiger charge is 2.25. The molecule has 0 fully saturated rings. The maximum absolute atomic E-state index is 12.4. The van der Waals surface area contributed by atoms with E-state index in [0.29, 0.717) is 42.0 Å². The molecule has 148 valence electrons. The molecule has 0 saturated heterocycles. The van der Waals surface area contributed by atoms with E-state index in [0.717, 1.165) is 5.56 Å². The fourth-order valence-electron chi connectivity index (χ4n) is 3.13. The monoisotopic (exact) mass is 403 g/mol. The van der Waals surface area contributed by atoms with Gasteiger partial charge < -0.3 is 9.47 Å². The van der Waals surface area contributed by atoms with E-state index in [1.165, 1.54) is 23.7 Å². The third kappa shape index (κ3) is 4.33. The lowest BCUT2D eigenvalue weighted by molar-refractivity contribution is 0.0474. The van der Waals surface area contributed by atoms with Gasteiger partial charge in [-0.05, 0) is 54.8 Å². The van der Waals surface area contributed by atoms with Crippen molar-refractivity contribution in [1.82, 2.24) is 0 Å². The molecule has 28 heavy (non-hydrogen) atoms. The number of Topliss-reactive ketones (excluding diaryl/α,β-unsaturated/α-hetero) is 1. The molecule has 0 aromatic heterocycles. The summed E-state index contributed by atoms with van der Waals surface area (Å²) in [6.45, 7) is 0.0297. The largest absolute Gasteiger partial charge is 0.497 e. The predicted molar refractivity (Wildman–Crippen MR) is 105 cm³/mol. The lowest BCUT2D eigenvalue weighted by atomic mass is 9.99. The van der Waals surface area contributed by atoms with Crippen molar-refractivity contribution >= 4 is 27.5 Å². The van der Waals surface area contributed by atoms with Crippen molar-refractivity contribution in [3.8, 4) is 5.75 Å². The Morgan fingerprint density at radius 2 is 1.89 bits per heavy atom. The number of rotatable bonds is 6. The molecule has 1 heterocycles. The molecule has 0 radical (unpaired) electrons. The Labute approximate surface area is 163 Å². The molecule has 7 nitrogen and oxygen atoms in total. The van der Waals surface area contributed by atoms with E-state index in [4.69, 9.17) is 9.47 Å². The molecule has 0 N–H and O–H groups in total. The number of carbonyl (C=O) groups is 2. The minimum atomic E-state index is -3.36. The second-order valence-corrected chi connectivity index (χ2v) is 8.42. The van der Waals surface area contributed by atoms with E-state index < -0.39 is 22.6 Å². The van der Waals surface area contributed by atoms with Crippen LogP contribution < -0.4 is 9.04 Å². The second-order valence-electron chi connectivity index (χ2n) is 6.51. The molecule has 2 aromatic carbocycles. The number of aryl methyl sites for hydroxylation is 1. The van der Waals surface area contributed by atoms with Gasteiger partial charge in [-0.2, -0.15) is 0 Å². The molecular weight excluding hydrogens is 382 g/mol. The van der Waals surface area contributed by atoms with Crippen molar-refractivity contribution in [3.05, 3.63) is 59.2 Å². The van der Waals surface area contributed by atoms with Gasteiger partial charge in [-0.15, -0.1) is 0 Å². The summed E-state index contributed by atoms with van der Waals surface area (Å²) < 4.78 is 35.4. The number of anilines is 1. The van der Waals surface area contributed by atoms with Crippen molar-refractivity contribution in [2.75, 3.05) is 30.8 Å². The van der Waals surface area contributed by atoms with Gasteiger partial charge in [0.1, 0.15) is 5.75 Å². The normalized spacial score (nSPS) is 13.6. The average molecular weight is 403 g/mol. The summed E-state index contributed by atoms with van der Waals surface area (Å²) in [5, 5.41) is 0. The second kappa shape index (κ2) is 8.02. The number of methoxy groups -OCH3 is 1. The number of carbonyl (C=O) groups excluding carboxylic acids is 2. The quantitative estimate of drug-likeness (QED) is 0.544. The first-order valence-corrected chi connectivity index (χ1v) is 10.6. The van der Waals surface area contributed by atoms with Crippen LogP contribution in [0.25, 0.3) is 0 Å². The molecule has 8 heteroatoms. The highest BCUT2D eigenvalue weighted by molar-refractivity contribution is 7.92. The Hall–Kier alpha value is -2.87. The highest BCUT2D eigenvalue weighted by Crippen LogP contribution is 2.30. The summed E-state index contributed by atoms with van der Waals surface area (Å²) in [6, 6.07) is 11.3. The van der Waals surface area contributed by atoms with Crippen LogP contribution in [-0.2, 0) is 21.2 Å². The summed E-state index contributed by atoms with van der Waals surface area (Å²) in [5.41, 5.74) is 2.06. The smallest absolute Gasteiger partial charge is 0.338 e. The topological polar surface area (TPSA) is 90.0 Å². The van der Waals surface area contributed by atoms with Gasteiger partial charge in [0, 0.05) is 12.1 Å². The Bertz CT molecular complexity index is 1020. The summed E-state index contributed by atoms with van der Waals surface area (Å²) in [5.74, 6) is -0.449. The van der Waals surface area contributed by atoms with E-state index in [1.54, 1.807) is 36.4 Å². The number of hydrogen-bond donors (Lipinski definition) is 0. The fraction of sp³-hybridized carbons (Fsp3) is 0.300. The number of fused-ring (bicyclic) bond motifs is 1. The van der Waals surface area contributed by atoms with E-state index >= 15 is 0 Å². The Balaban J connectivity index is 1.70. The van der Waals surface area contributed by atoms with Gasteiger partial charge in [-0.1, -0.05) is 6.07 Å². The summed E-state index contributed by atoms with van der Waals surface area (Å²) >= 11 is 0. The van der Waals surface area contributed by atoms with Gasteiger partial charge >= 0.3 is 5.97 Å². The van der Waals surface area contributed by atoms with Crippen molar-refractivity contribution < 1.29 is 27.5 Å². The van der Waals surface area contributed by atoms with Gasteiger partial charge in [0.15, 0.2) is 12.4 Å². The van der Waals surface area contributed by atoms with Crippen LogP contribution in [0.4, 0.5) is 5.69 Å². The number of ether oxygens (including phenoxy) is 2. The standard InChI is InChI=1S/C20H21NO6S/c1-26-17-7-3-5-16(12-17)20(23)27-13-19(22)15-8-9-18-14(11-15)6-4-10-21(18)28(2,24)25/h3,5,7-9,11-12H,4,6,10,13H2,1-2H3. The predicted octanol–water partition coefficient (Wildman–Crippen LogP) is 2.45. The highest BCUT2D eigenvalue weighted by atomic mass is 32.2. The van der Waals surface area contributed by atoms with Gasteiger partial charge in [0.2, 0.25) is 10.0 Å². The minimum absolute atomic E-state index is 0.293. The number of sulfonamides is 1. The van der Waals surface area contributed by atoms with Crippen LogP contribution in [0, 0.1) is 0 Å². The van der Waals surface area contributed by atoms with Crippen LogP contribution in [0.15, 0.2) is 42.5 Å². The molecule has 1 aliphatic heterocycles. The van der Waals surface area contributed by atoms with Crippen LogP contribution in [0.1, 0.15) is 32.7 Å². The molecule has 0 atom stereocenters. The van der Waals surface area contributed by atoms with Crippen LogP contribution in [-0.4, -0.2) is 46.7 Å². The number of benzene rings is 2. The lowest BCUT2D eigenvalue weighted by Crippen LogP contribution is -2.34. The van der Waals surface area contributed by atoms with Gasteiger partial charge in [-0.25, -0.2) is 13.2 Å². The number of esters is 1. The van der Waals surface area contributed by atoms with Crippen LogP contribution >= 0.6 is 0 Å². The fourth-order valence-corrected chi connectivity index (χ4v) is 4.12. The first kappa shape index (κ1) is 19.9. The summed E-state index contributed by atoms with van der Waals surface area (Å²) in [6.07, 6.45) is 2.54. The molecule has 2 aromatic rings. The molecule has 0 amide bonds. The number of nitrogens with zero attached hydrogens (tertiary/aromatic N) is 1. The zero-order valence-electron chi connectivity index (χ0n) is 15.7. The Morgan fingerprint density at radius 3 is 2.61 bits per heavy atom. The van der Waals surface area contributed by atoms with Crippen LogP contribution in [0.5, 0.6) is 5.75 Å². The maximum Gasteiger partial charge on any atom is 0.338 e. The molecular formula is C20H21NO6S. The van der Waals surface area contributed by atoms with Gasteiger partial charge in [-0.3, -0.25) is 9.10 Å². The third-order valence-electron chi connectivity index (χ3n) is 4.52. The molecule has 0 spiro atoms. The van der Waals surface area contributed by atoms with Crippen LogP contribution in [0.2, 0.25) is 0 Å². The zero-order chi connectivity index (χ0) is 20.3. The molecule has 3 rings (SSSR count). The van der Waals surface area contributed by atoms with Gasteiger partial charge in [0.25, 0.3) is 0 Å². The first-order chi connectivity index (χ1) is 13.3. The zero-order valence-corrected chi connectivity index (χ0v) is 16.5. The van der Waals surface area contributed by atoms with Crippen molar-refractivity contribution in [3.63, 3.8) is 0 Å². The molecule has 0 saturated carbocycles. The summed E-state index contributed by atoms with van der Waals surface area (Å²) in [7, 11) is -1.87. The minimum Gasteiger partial charge on any atom is -0.497 e. The number of ketones is 1. The van der Waals surface area contributed by atoms with Crippen molar-refractivity contribution in [1.29, 1.82) is 0 Å². The van der Waals surface area contributed by atoms with E-state index in [-0.39, 0.29) is 5.78 Å². The van der Waals surface area contributed by atoms with Crippen molar-refractivity contribution in [2.45, 2.75) is 12.8 Å². The molecule has 0 bridgehead atoms. The Kier molecular flexibility index (Phi) is 5.69. The van der Waals surface area contributed by atoms with E-state index in [9.17, 15) is 18.0 Å². The summed E-state index contributed by atoms with van der Waals surface area (Å²) in [4.78, 5) is 24.6. The van der Waals surface area contributed by atoms with E-state index in [2.05, 4.69) is 0 Å². The van der Waals surface area contributed by atoms with Crippen molar-refractivity contribution in [2.24, 2.45) is 0 Å². The molecule has 0 aliphatic carbocycles. The van der Waals surface area contributed by atoms with Gasteiger partial charge in [0.05, 0.1) is 24.6 Å². The number of hydrogen-bond acceptors (Lipinski definition) is 6. The third-order valence-corrected chi connectivity index (χ3v) is 5.70. The average Bonchev–Trinajstić information content (AvgIpc) is 2.70. The molecule has 1 aliphatic rings.